The van der Waals surface area contributed by atoms with Crippen molar-refractivity contribution in [1.29, 1.82) is 0 Å². The second-order valence-electron chi connectivity index (χ2n) is 3.68. The smallest absolute Gasteiger partial charge is 0.0950 e. The van der Waals surface area contributed by atoms with E-state index >= 15 is 0 Å². The van der Waals surface area contributed by atoms with E-state index in [0.29, 0.717) is 0 Å². The van der Waals surface area contributed by atoms with Crippen LogP contribution in [-0.2, 0) is 6.42 Å². The SMILES string of the molecule is NNC(CCc1cccnc1)c1ccoc1. The van der Waals surface area contributed by atoms with E-state index in [1.54, 1.807) is 18.7 Å². The van der Waals surface area contributed by atoms with Crippen LogP contribution in [0.1, 0.15) is 23.6 Å². The van der Waals surface area contributed by atoms with Gasteiger partial charge >= 0.3 is 0 Å². The van der Waals surface area contributed by atoms with Crippen LogP contribution in [0.25, 0.3) is 0 Å². The van der Waals surface area contributed by atoms with Crippen molar-refractivity contribution in [3.8, 4) is 0 Å². The van der Waals surface area contributed by atoms with Crippen molar-refractivity contribution in [1.82, 2.24) is 10.4 Å². The van der Waals surface area contributed by atoms with Gasteiger partial charge in [-0.25, -0.2) is 0 Å². The number of rotatable bonds is 5. The summed E-state index contributed by atoms with van der Waals surface area (Å²) in [5, 5.41) is 0. The molecule has 4 heteroatoms. The van der Waals surface area contributed by atoms with E-state index in [4.69, 9.17) is 10.3 Å². The van der Waals surface area contributed by atoms with Gasteiger partial charge in [0.2, 0.25) is 0 Å². The predicted molar refractivity (Wildman–Crippen MR) is 61.3 cm³/mol. The molecule has 16 heavy (non-hydrogen) atoms. The number of nitrogens with one attached hydrogen (secondary N) is 1. The molecule has 0 saturated heterocycles. The number of hydrogen-bond acceptors (Lipinski definition) is 4. The number of furan rings is 1. The number of aromatic nitrogens is 1. The summed E-state index contributed by atoms with van der Waals surface area (Å²) in [6.07, 6.45) is 8.88. The Balaban J connectivity index is 1.94. The third-order valence-corrected chi connectivity index (χ3v) is 2.59. The summed E-state index contributed by atoms with van der Waals surface area (Å²) in [5.74, 6) is 5.52. The van der Waals surface area contributed by atoms with Crippen molar-refractivity contribution < 1.29 is 4.42 Å². The highest BCUT2D eigenvalue weighted by molar-refractivity contribution is 5.13. The van der Waals surface area contributed by atoms with Crippen LogP contribution in [-0.4, -0.2) is 4.98 Å². The monoisotopic (exact) mass is 217 g/mol. The first kappa shape index (κ1) is 10.9. The Morgan fingerprint density at radius 1 is 1.44 bits per heavy atom. The lowest BCUT2D eigenvalue weighted by molar-refractivity contribution is 0.501. The predicted octanol–water partition coefficient (Wildman–Crippen LogP) is 1.81. The number of nitrogens with zero attached hydrogens (tertiary/aromatic N) is 1. The molecule has 4 nitrogen and oxygen atoms in total. The Morgan fingerprint density at radius 2 is 2.38 bits per heavy atom. The van der Waals surface area contributed by atoms with Crippen LogP contribution in [0.2, 0.25) is 0 Å². The average Bonchev–Trinajstić information content (AvgIpc) is 2.85. The number of hydrogen-bond donors (Lipinski definition) is 2. The van der Waals surface area contributed by atoms with Crippen LogP contribution in [0, 0.1) is 0 Å². The van der Waals surface area contributed by atoms with Crippen molar-refractivity contribution in [3.63, 3.8) is 0 Å². The summed E-state index contributed by atoms with van der Waals surface area (Å²) in [6, 6.07) is 6.06. The van der Waals surface area contributed by atoms with Gasteiger partial charge in [-0.1, -0.05) is 6.07 Å². The van der Waals surface area contributed by atoms with E-state index in [2.05, 4.69) is 16.5 Å². The van der Waals surface area contributed by atoms with Gasteiger partial charge in [0.25, 0.3) is 0 Å². The highest BCUT2D eigenvalue weighted by Crippen LogP contribution is 2.18. The zero-order chi connectivity index (χ0) is 11.2. The molecule has 0 aliphatic carbocycles. The summed E-state index contributed by atoms with van der Waals surface area (Å²) in [7, 11) is 0. The van der Waals surface area contributed by atoms with Gasteiger partial charge in [0, 0.05) is 24.0 Å². The van der Waals surface area contributed by atoms with Gasteiger partial charge in [-0.05, 0) is 30.5 Å². The van der Waals surface area contributed by atoms with E-state index in [-0.39, 0.29) is 6.04 Å². The van der Waals surface area contributed by atoms with Gasteiger partial charge in [-0.15, -0.1) is 0 Å². The van der Waals surface area contributed by atoms with E-state index in [1.807, 2.05) is 18.3 Å². The van der Waals surface area contributed by atoms with Crippen molar-refractivity contribution in [2.75, 3.05) is 0 Å². The minimum absolute atomic E-state index is 0.124. The zero-order valence-electron chi connectivity index (χ0n) is 8.97. The zero-order valence-corrected chi connectivity index (χ0v) is 8.97. The lowest BCUT2D eigenvalue weighted by Crippen LogP contribution is -2.28. The van der Waals surface area contributed by atoms with Crippen LogP contribution in [0.15, 0.2) is 47.5 Å². The molecule has 0 fully saturated rings. The van der Waals surface area contributed by atoms with Crippen LogP contribution in [0.3, 0.4) is 0 Å². The molecular formula is C12H15N3O. The van der Waals surface area contributed by atoms with Crippen LogP contribution >= 0.6 is 0 Å². The Hall–Kier alpha value is -1.65. The molecule has 0 aromatic carbocycles. The molecule has 0 aliphatic rings. The van der Waals surface area contributed by atoms with Gasteiger partial charge in [0.15, 0.2) is 0 Å². The topological polar surface area (TPSA) is 64.1 Å². The quantitative estimate of drug-likeness (QED) is 0.592. The first-order chi connectivity index (χ1) is 7.90. The largest absolute Gasteiger partial charge is 0.472 e. The summed E-state index contributed by atoms with van der Waals surface area (Å²) < 4.78 is 5.04. The van der Waals surface area contributed by atoms with E-state index in [1.165, 1.54) is 5.56 Å². The second kappa shape index (κ2) is 5.44. The first-order valence-electron chi connectivity index (χ1n) is 5.27. The van der Waals surface area contributed by atoms with Crippen molar-refractivity contribution >= 4 is 0 Å². The fourth-order valence-corrected chi connectivity index (χ4v) is 1.68. The van der Waals surface area contributed by atoms with Gasteiger partial charge in [0.05, 0.1) is 12.5 Å². The Kier molecular flexibility index (Phi) is 3.69. The summed E-state index contributed by atoms with van der Waals surface area (Å²) in [4.78, 5) is 4.08. The first-order valence-corrected chi connectivity index (χ1v) is 5.27. The average molecular weight is 217 g/mol. The van der Waals surface area contributed by atoms with Gasteiger partial charge in [-0.3, -0.25) is 16.3 Å². The maximum atomic E-state index is 5.52. The molecule has 0 radical (unpaired) electrons. The third-order valence-electron chi connectivity index (χ3n) is 2.59. The molecule has 2 rings (SSSR count). The summed E-state index contributed by atoms with van der Waals surface area (Å²) in [5.41, 5.74) is 5.08. The molecule has 3 N–H and O–H groups in total. The van der Waals surface area contributed by atoms with Crippen LogP contribution < -0.4 is 11.3 Å². The molecular weight excluding hydrogens is 202 g/mol. The number of aryl methyl sites for hydroxylation is 1. The third kappa shape index (κ3) is 2.68. The standard InChI is InChI=1S/C12H15N3O/c13-15-12(11-5-7-16-9-11)4-3-10-2-1-6-14-8-10/h1-2,5-9,12,15H,3-4,13H2. The van der Waals surface area contributed by atoms with Gasteiger partial charge < -0.3 is 4.42 Å². The minimum atomic E-state index is 0.124. The number of nitrogens with two attached hydrogens (primary N) is 1. The molecule has 0 amide bonds. The molecule has 0 aliphatic heterocycles. The lowest BCUT2D eigenvalue weighted by Gasteiger charge is -2.13. The van der Waals surface area contributed by atoms with Gasteiger partial charge in [0.1, 0.15) is 0 Å². The highest BCUT2D eigenvalue weighted by atomic mass is 16.3. The second-order valence-corrected chi connectivity index (χ2v) is 3.68. The molecule has 84 valence electrons. The fraction of sp³-hybridized carbons (Fsp3) is 0.250. The normalized spacial score (nSPS) is 12.6. The molecule has 0 spiro atoms. The van der Waals surface area contributed by atoms with E-state index in [9.17, 15) is 0 Å². The van der Waals surface area contributed by atoms with E-state index in [0.717, 1.165) is 18.4 Å². The van der Waals surface area contributed by atoms with Crippen molar-refractivity contribution in [2.45, 2.75) is 18.9 Å². The summed E-state index contributed by atoms with van der Waals surface area (Å²) in [6.45, 7) is 0. The summed E-state index contributed by atoms with van der Waals surface area (Å²) >= 11 is 0. The van der Waals surface area contributed by atoms with E-state index < -0.39 is 0 Å². The molecule has 2 heterocycles. The number of pyridine rings is 1. The molecule has 1 unspecified atom stereocenters. The Morgan fingerprint density at radius 3 is 3.00 bits per heavy atom. The molecule has 2 aromatic heterocycles. The highest BCUT2D eigenvalue weighted by Gasteiger charge is 2.10. The Labute approximate surface area is 94.5 Å². The molecule has 0 bridgehead atoms. The lowest BCUT2D eigenvalue weighted by atomic mass is 10.0. The maximum absolute atomic E-state index is 5.52. The van der Waals surface area contributed by atoms with Crippen LogP contribution in [0.4, 0.5) is 0 Å². The molecule has 1 atom stereocenters. The molecule has 2 aromatic rings. The van der Waals surface area contributed by atoms with Crippen molar-refractivity contribution in [2.24, 2.45) is 5.84 Å². The molecule has 0 saturated carbocycles. The Bertz CT molecular complexity index is 399. The maximum Gasteiger partial charge on any atom is 0.0950 e. The number of hydrazine groups is 1. The minimum Gasteiger partial charge on any atom is -0.472 e. The van der Waals surface area contributed by atoms with Crippen molar-refractivity contribution in [3.05, 3.63) is 54.2 Å². The van der Waals surface area contributed by atoms with Crippen LogP contribution in [0.5, 0.6) is 0 Å². The van der Waals surface area contributed by atoms with Gasteiger partial charge in [-0.2, -0.15) is 0 Å². The fourth-order valence-electron chi connectivity index (χ4n) is 1.68.